The number of phenols is 2. The van der Waals surface area contributed by atoms with Crippen LogP contribution in [0.1, 0.15) is 40.2 Å². The molecular weight excluding hydrogens is 414 g/mol. The van der Waals surface area contributed by atoms with Gasteiger partial charge < -0.3 is 29.5 Å². The second kappa shape index (κ2) is 8.76. The number of carbonyl (C=O) groups excluding carboxylic acids is 1. The van der Waals surface area contributed by atoms with Gasteiger partial charge in [0.25, 0.3) is 0 Å². The molecule has 0 saturated carbocycles. The van der Waals surface area contributed by atoms with Crippen molar-refractivity contribution in [3.05, 3.63) is 71.0 Å². The Morgan fingerprint density at radius 2 is 1.91 bits per heavy atom. The van der Waals surface area contributed by atoms with Crippen molar-refractivity contribution in [2.45, 2.75) is 32.2 Å². The number of ether oxygens (including phenoxy) is 3. The molecule has 8 nitrogen and oxygen atoms in total. The van der Waals surface area contributed by atoms with Crippen molar-refractivity contribution in [1.29, 1.82) is 0 Å². The van der Waals surface area contributed by atoms with E-state index in [-0.39, 0.29) is 23.7 Å². The molecule has 2 atom stereocenters. The highest BCUT2D eigenvalue weighted by molar-refractivity contribution is 6.05. The molecule has 8 heteroatoms. The largest absolute Gasteiger partial charge is 0.508 e. The van der Waals surface area contributed by atoms with Crippen LogP contribution < -0.4 is 14.2 Å². The van der Waals surface area contributed by atoms with Gasteiger partial charge in [-0.25, -0.2) is 0 Å². The highest BCUT2D eigenvalue weighted by Gasteiger charge is 2.39. The van der Waals surface area contributed by atoms with Gasteiger partial charge in [-0.2, -0.15) is 0 Å². The minimum absolute atomic E-state index is 0.0127. The fourth-order valence-electron chi connectivity index (χ4n) is 3.55. The Morgan fingerprint density at radius 1 is 1.09 bits per heavy atom. The Kier molecular flexibility index (Phi) is 5.87. The van der Waals surface area contributed by atoms with Crippen molar-refractivity contribution < 1.29 is 34.3 Å². The van der Waals surface area contributed by atoms with Crippen LogP contribution in [0.4, 0.5) is 0 Å². The van der Waals surface area contributed by atoms with Crippen molar-refractivity contribution in [2.24, 2.45) is 0 Å². The van der Waals surface area contributed by atoms with E-state index in [1.807, 2.05) is 12.1 Å². The lowest BCUT2D eigenvalue weighted by Gasteiger charge is -2.30. The zero-order chi connectivity index (χ0) is 22.8. The van der Waals surface area contributed by atoms with Gasteiger partial charge in [-0.1, -0.05) is 19.1 Å². The number of phenolic OH excluding ortho intramolecular Hbond substituents is 2. The Morgan fingerprint density at radius 3 is 2.59 bits per heavy atom. The minimum Gasteiger partial charge on any atom is -0.508 e. The Balaban J connectivity index is 1.61. The van der Waals surface area contributed by atoms with E-state index in [0.717, 1.165) is 23.7 Å². The quantitative estimate of drug-likeness (QED) is 0.538. The van der Waals surface area contributed by atoms with Crippen LogP contribution in [0.15, 0.2) is 48.7 Å². The van der Waals surface area contributed by atoms with E-state index in [0.29, 0.717) is 17.1 Å². The fraction of sp³-hybridized carbons (Fsp3) is 0.250. The van der Waals surface area contributed by atoms with Crippen LogP contribution in [-0.2, 0) is 13.0 Å². The molecule has 3 aromatic rings. The summed E-state index contributed by atoms with van der Waals surface area (Å²) in [6.07, 6.45) is 0.0753. The molecule has 0 aliphatic carbocycles. The SMILES string of the molecule is CCc1ccc(COc2cc(C3Oc4cc(O)cc(O)c4C(=O)C3O)ccc2OC)nc1. The minimum atomic E-state index is -1.55. The van der Waals surface area contributed by atoms with Gasteiger partial charge >= 0.3 is 0 Å². The number of fused-ring (bicyclic) bond motifs is 1. The van der Waals surface area contributed by atoms with Gasteiger partial charge in [0.15, 0.2) is 23.7 Å². The Bertz CT molecular complexity index is 1140. The number of Topliss-reactive ketones (excluding diaryl/α,β-unsaturated/α-hetero) is 1. The highest BCUT2D eigenvalue weighted by Crippen LogP contribution is 2.43. The molecule has 0 bridgehead atoms. The maximum Gasteiger partial charge on any atom is 0.202 e. The van der Waals surface area contributed by atoms with Crippen LogP contribution in [0.2, 0.25) is 0 Å². The number of aromatic hydroxyl groups is 2. The molecule has 4 rings (SSSR count). The van der Waals surface area contributed by atoms with Gasteiger partial charge in [0.05, 0.1) is 12.8 Å². The van der Waals surface area contributed by atoms with Crippen molar-refractivity contribution in [3.8, 4) is 28.7 Å². The average Bonchev–Trinajstić information content (AvgIpc) is 2.79. The number of aryl methyl sites for hydroxylation is 1. The number of carbonyl (C=O) groups is 1. The van der Waals surface area contributed by atoms with Crippen LogP contribution in [0.5, 0.6) is 28.7 Å². The zero-order valence-corrected chi connectivity index (χ0v) is 17.6. The molecule has 32 heavy (non-hydrogen) atoms. The second-order valence-electron chi connectivity index (χ2n) is 7.40. The molecule has 166 valence electrons. The number of ketones is 1. The third kappa shape index (κ3) is 4.04. The number of hydrogen-bond donors (Lipinski definition) is 3. The molecule has 0 amide bonds. The standard InChI is InChI=1S/C24H23NO7/c1-3-13-4-6-15(25-11-13)12-31-19-8-14(5-7-18(19)30-2)24-23(29)22(28)21-17(27)9-16(26)10-20(21)32-24/h4-11,23-24,26-27,29H,3,12H2,1-2H3. The second-order valence-corrected chi connectivity index (χ2v) is 7.40. The van der Waals surface area contributed by atoms with E-state index in [2.05, 4.69) is 11.9 Å². The van der Waals surface area contributed by atoms with E-state index in [1.165, 1.54) is 13.2 Å². The first-order chi connectivity index (χ1) is 15.4. The maximum absolute atomic E-state index is 12.7. The van der Waals surface area contributed by atoms with Gasteiger partial charge in [-0.3, -0.25) is 9.78 Å². The number of aliphatic hydroxyl groups is 1. The first-order valence-corrected chi connectivity index (χ1v) is 10.1. The normalized spacial score (nSPS) is 17.4. The van der Waals surface area contributed by atoms with E-state index < -0.39 is 23.7 Å². The molecule has 2 heterocycles. The van der Waals surface area contributed by atoms with E-state index >= 15 is 0 Å². The summed E-state index contributed by atoms with van der Waals surface area (Å²) in [6, 6.07) is 11.0. The number of aliphatic hydroxyl groups excluding tert-OH is 1. The number of rotatable bonds is 6. The molecule has 0 spiro atoms. The number of hydrogen-bond acceptors (Lipinski definition) is 8. The van der Waals surface area contributed by atoms with E-state index in [4.69, 9.17) is 14.2 Å². The third-order valence-electron chi connectivity index (χ3n) is 5.31. The topological polar surface area (TPSA) is 118 Å². The summed E-state index contributed by atoms with van der Waals surface area (Å²) in [6.45, 7) is 2.25. The van der Waals surface area contributed by atoms with Crippen molar-refractivity contribution in [1.82, 2.24) is 4.98 Å². The van der Waals surface area contributed by atoms with Crippen molar-refractivity contribution in [3.63, 3.8) is 0 Å². The molecule has 2 unspecified atom stereocenters. The number of benzene rings is 2. The average molecular weight is 437 g/mol. The lowest BCUT2D eigenvalue weighted by molar-refractivity contribution is 0.0209. The van der Waals surface area contributed by atoms with Crippen LogP contribution >= 0.6 is 0 Å². The summed E-state index contributed by atoms with van der Waals surface area (Å²) >= 11 is 0. The summed E-state index contributed by atoms with van der Waals surface area (Å²) in [5.41, 5.74) is 2.15. The molecule has 1 aliphatic rings. The van der Waals surface area contributed by atoms with Gasteiger partial charge in [0, 0.05) is 18.3 Å². The maximum atomic E-state index is 12.7. The predicted molar refractivity (Wildman–Crippen MR) is 114 cm³/mol. The molecule has 2 aromatic carbocycles. The number of nitrogens with zero attached hydrogens (tertiary/aromatic N) is 1. The highest BCUT2D eigenvalue weighted by atomic mass is 16.5. The number of methoxy groups -OCH3 is 1. The Labute approximate surface area is 184 Å². The first-order valence-electron chi connectivity index (χ1n) is 10.1. The van der Waals surface area contributed by atoms with Gasteiger partial charge in [-0.15, -0.1) is 0 Å². The molecule has 1 aromatic heterocycles. The van der Waals surface area contributed by atoms with Crippen LogP contribution in [-0.4, -0.2) is 39.3 Å². The number of pyridine rings is 1. The summed E-state index contributed by atoms with van der Waals surface area (Å²) in [7, 11) is 1.51. The Hall–Kier alpha value is -3.78. The smallest absolute Gasteiger partial charge is 0.202 e. The van der Waals surface area contributed by atoms with Gasteiger partial charge in [0.2, 0.25) is 5.78 Å². The third-order valence-corrected chi connectivity index (χ3v) is 5.31. The van der Waals surface area contributed by atoms with E-state index in [1.54, 1.807) is 24.4 Å². The van der Waals surface area contributed by atoms with Crippen LogP contribution in [0.3, 0.4) is 0 Å². The molecule has 0 saturated heterocycles. The summed E-state index contributed by atoms with van der Waals surface area (Å²) < 4.78 is 17.0. The van der Waals surface area contributed by atoms with Crippen molar-refractivity contribution >= 4 is 5.78 Å². The first kappa shape index (κ1) is 21.5. The molecule has 0 radical (unpaired) electrons. The van der Waals surface area contributed by atoms with Gasteiger partial charge in [-0.05, 0) is 35.7 Å². The van der Waals surface area contributed by atoms with Gasteiger partial charge in [0.1, 0.15) is 29.4 Å². The molecular formula is C24H23NO7. The predicted octanol–water partition coefficient (Wildman–Crippen LogP) is 3.32. The lowest BCUT2D eigenvalue weighted by atomic mass is 9.92. The molecule has 1 aliphatic heterocycles. The zero-order valence-electron chi connectivity index (χ0n) is 17.6. The van der Waals surface area contributed by atoms with Crippen LogP contribution in [0.25, 0.3) is 0 Å². The van der Waals surface area contributed by atoms with Crippen LogP contribution in [0, 0.1) is 0 Å². The fourth-order valence-corrected chi connectivity index (χ4v) is 3.55. The summed E-state index contributed by atoms with van der Waals surface area (Å²) in [5, 5.41) is 30.3. The molecule has 3 N–H and O–H groups in total. The van der Waals surface area contributed by atoms with Crippen molar-refractivity contribution in [2.75, 3.05) is 7.11 Å². The lowest BCUT2D eigenvalue weighted by Crippen LogP contribution is -2.36. The monoisotopic (exact) mass is 437 g/mol. The summed E-state index contributed by atoms with van der Waals surface area (Å²) in [5.74, 6) is -0.577. The van der Waals surface area contributed by atoms with E-state index in [9.17, 15) is 20.1 Å². The summed E-state index contributed by atoms with van der Waals surface area (Å²) in [4.78, 5) is 17.0. The molecule has 0 fully saturated rings. The number of aromatic nitrogens is 1.